The second-order valence-corrected chi connectivity index (χ2v) is 5.36. The lowest BCUT2D eigenvalue weighted by atomic mass is 10.0. The van der Waals surface area contributed by atoms with E-state index in [1.54, 1.807) is 0 Å². The van der Waals surface area contributed by atoms with Crippen molar-refractivity contribution in [3.8, 4) is 0 Å². The number of carbonyl (C=O) groups excluding carboxylic acids is 1. The molecule has 2 rings (SSSR count). The van der Waals surface area contributed by atoms with Crippen molar-refractivity contribution >= 4 is 11.9 Å². The standard InChI is InChI=1S/C15H20N2O3/c16-12-7-6-11(9-12)14(18)17-13(15(19)20)8-10-4-2-1-3-5-10/h1-5,11-13H,6-9,16H2,(H,17,18)(H,19,20). The summed E-state index contributed by atoms with van der Waals surface area (Å²) in [6.45, 7) is 0. The topological polar surface area (TPSA) is 92.4 Å². The van der Waals surface area contributed by atoms with E-state index in [1.165, 1.54) is 0 Å². The number of hydrogen-bond donors (Lipinski definition) is 3. The number of carboxylic acid groups (broad SMARTS) is 1. The fourth-order valence-corrected chi connectivity index (χ4v) is 2.59. The number of rotatable bonds is 5. The van der Waals surface area contributed by atoms with Crippen LogP contribution in [0.3, 0.4) is 0 Å². The normalized spacial score (nSPS) is 23.2. The quantitative estimate of drug-likeness (QED) is 0.746. The zero-order valence-electron chi connectivity index (χ0n) is 11.3. The molecule has 1 aliphatic carbocycles. The molecule has 1 saturated carbocycles. The van der Waals surface area contributed by atoms with Crippen LogP contribution in [0.4, 0.5) is 0 Å². The first kappa shape index (κ1) is 14.5. The van der Waals surface area contributed by atoms with E-state index in [4.69, 9.17) is 5.73 Å². The van der Waals surface area contributed by atoms with Crippen molar-refractivity contribution in [1.82, 2.24) is 5.32 Å². The van der Waals surface area contributed by atoms with Crippen molar-refractivity contribution in [2.24, 2.45) is 11.7 Å². The maximum atomic E-state index is 12.1. The van der Waals surface area contributed by atoms with Crippen LogP contribution in [0, 0.1) is 5.92 Å². The number of carbonyl (C=O) groups is 2. The van der Waals surface area contributed by atoms with Gasteiger partial charge in [-0.3, -0.25) is 4.79 Å². The summed E-state index contributed by atoms with van der Waals surface area (Å²) in [5, 5.41) is 11.9. The molecule has 20 heavy (non-hydrogen) atoms. The Kier molecular flexibility index (Phi) is 4.74. The first-order valence-corrected chi connectivity index (χ1v) is 6.89. The Morgan fingerprint density at radius 2 is 2.00 bits per heavy atom. The fraction of sp³-hybridized carbons (Fsp3) is 0.467. The SMILES string of the molecule is NC1CCC(C(=O)NC(Cc2ccccc2)C(=O)O)C1. The second-order valence-electron chi connectivity index (χ2n) is 5.36. The molecule has 0 aromatic heterocycles. The lowest BCUT2D eigenvalue weighted by molar-refractivity contribution is -0.142. The highest BCUT2D eigenvalue weighted by molar-refractivity contribution is 5.85. The van der Waals surface area contributed by atoms with E-state index in [-0.39, 0.29) is 17.9 Å². The van der Waals surface area contributed by atoms with Gasteiger partial charge in [0.1, 0.15) is 6.04 Å². The number of nitrogens with one attached hydrogen (secondary N) is 1. The summed E-state index contributed by atoms with van der Waals surface area (Å²) in [5.41, 5.74) is 6.67. The first-order chi connectivity index (χ1) is 9.56. The first-order valence-electron chi connectivity index (χ1n) is 6.89. The summed E-state index contributed by atoms with van der Waals surface area (Å²) < 4.78 is 0. The van der Waals surface area contributed by atoms with Crippen molar-refractivity contribution in [3.63, 3.8) is 0 Å². The van der Waals surface area contributed by atoms with Crippen LogP contribution in [0.1, 0.15) is 24.8 Å². The Hall–Kier alpha value is -1.88. The molecule has 5 nitrogen and oxygen atoms in total. The van der Waals surface area contributed by atoms with Crippen LogP contribution in [0.2, 0.25) is 0 Å². The number of hydrogen-bond acceptors (Lipinski definition) is 3. The van der Waals surface area contributed by atoms with Gasteiger partial charge in [-0.1, -0.05) is 30.3 Å². The maximum absolute atomic E-state index is 12.1. The third-order valence-corrected chi connectivity index (χ3v) is 3.74. The Balaban J connectivity index is 1.96. The summed E-state index contributed by atoms with van der Waals surface area (Å²) in [6, 6.07) is 8.46. The van der Waals surface area contributed by atoms with Gasteiger partial charge in [0.05, 0.1) is 0 Å². The zero-order chi connectivity index (χ0) is 14.5. The van der Waals surface area contributed by atoms with Gasteiger partial charge in [-0.2, -0.15) is 0 Å². The molecule has 1 aliphatic rings. The molecule has 0 heterocycles. The van der Waals surface area contributed by atoms with Gasteiger partial charge in [-0.15, -0.1) is 0 Å². The van der Waals surface area contributed by atoms with Crippen molar-refractivity contribution in [2.45, 2.75) is 37.8 Å². The Labute approximate surface area is 118 Å². The van der Waals surface area contributed by atoms with Crippen molar-refractivity contribution < 1.29 is 14.7 Å². The molecule has 1 aromatic rings. The summed E-state index contributed by atoms with van der Waals surface area (Å²) in [5.74, 6) is -1.35. The predicted molar refractivity (Wildman–Crippen MR) is 75.0 cm³/mol. The highest BCUT2D eigenvalue weighted by Crippen LogP contribution is 2.24. The molecule has 5 heteroatoms. The third kappa shape index (κ3) is 3.81. The van der Waals surface area contributed by atoms with E-state index in [1.807, 2.05) is 30.3 Å². The van der Waals surface area contributed by atoms with Crippen LogP contribution in [-0.2, 0) is 16.0 Å². The molecule has 1 aromatic carbocycles. The van der Waals surface area contributed by atoms with Crippen LogP contribution in [-0.4, -0.2) is 29.1 Å². The van der Waals surface area contributed by atoms with Gasteiger partial charge >= 0.3 is 5.97 Å². The molecule has 108 valence electrons. The summed E-state index contributed by atoms with van der Waals surface area (Å²) in [6.07, 6.45) is 2.50. The van der Waals surface area contributed by atoms with Gasteiger partial charge in [0.25, 0.3) is 0 Å². The molecule has 1 fully saturated rings. The predicted octanol–water partition coefficient (Wildman–Crippen LogP) is 0.926. The summed E-state index contributed by atoms with van der Waals surface area (Å²) in [7, 11) is 0. The summed E-state index contributed by atoms with van der Waals surface area (Å²) >= 11 is 0. The Morgan fingerprint density at radius 1 is 1.30 bits per heavy atom. The largest absolute Gasteiger partial charge is 0.480 e. The van der Waals surface area contributed by atoms with E-state index < -0.39 is 12.0 Å². The molecule has 0 aliphatic heterocycles. The van der Waals surface area contributed by atoms with E-state index in [0.29, 0.717) is 12.8 Å². The molecule has 0 saturated heterocycles. The molecule has 0 spiro atoms. The zero-order valence-corrected chi connectivity index (χ0v) is 11.3. The highest BCUT2D eigenvalue weighted by atomic mass is 16.4. The molecular formula is C15H20N2O3. The molecular weight excluding hydrogens is 256 g/mol. The molecule has 0 bridgehead atoms. The summed E-state index contributed by atoms with van der Waals surface area (Å²) in [4.78, 5) is 23.3. The Bertz CT molecular complexity index is 475. The van der Waals surface area contributed by atoms with E-state index >= 15 is 0 Å². The molecule has 3 atom stereocenters. The van der Waals surface area contributed by atoms with E-state index in [2.05, 4.69) is 5.32 Å². The van der Waals surface area contributed by atoms with E-state index in [0.717, 1.165) is 18.4 Å². The van der Waals surface area contributed by atoms with Gasteiger partial charge < -0.3 is 16.2 Å². The average Bonchev–Trinajstić information content (AvgIpc) is 2.86. The minimum Gasteiger partial charge on any atom is -0.480 e. The molecule has 0 radical (unpaired) electrons. The van der Waals surface area contributed by atoms with Crippen LogP contribution >= 0.6 is 0 Å². The van der Waals surface area contributed by atoms with Crippen LogP contribution < -0.4 is 11.1 Å². The van der Waals surface area contributed by atoms with Gasteiger partial charge in [0.2, 0.25) is 5.91 Å². The lowest BCUT2D eigenvalue weighted by Crippen LogP contribution is -2.44. The van der Waals surface area contributed by atoms with Crippen LogP contribution in [0.5, 0.6) is 0 Å². The smallest absolute Gasteiger partial charge is 0.326 e. The number of amides is 1. The van der Waals surface area contributed by atoms with Crippen molar-refractivity contribution in [2.75, 3.05) is 0 Å². The lowest BCUT2D eigenvalue weighted by Gasteiger charge is -2.17. The fourth-order valence-electron chi connectivity index (χ4n) is 2.59. The molecule has 3 unspecified atom stereocenters. The van der Waals surface area contributed by atoms with Crippen molar-refractivity contribution in [3.05, 3.63) is 35.9 Å². The van der Waals surface area contributed by atoms with Gasteiger partial charge in [-0.05, 0) is 24.8 Å². The van der Waals surface area contributed by atoms with Crippen molar-refractivity contribution in [1.29, 1.82) is 0 Å². The van der Waals surface area contributed by atoms with Gasteiger partial charge in [0.15, 0.2) is 0 Å². The monoisotopic (exact) mass is 276 g/mol. The van der Waals surface area contributed by atoms with Gasteiger partial charge in [-0.25, -0.2) is 4.79 Å². The van der Waals surface area contributed by atoms with Crippen LogP contribution in [0.25, 0.3) is 0 Å². The van der Waals surface area contributed by atoms with Crippen LogP contribution in [0.15, 0.2) is 30.3 Å². The second kappa shape index (κ2) is 6.52. The highest BCUT2D eigenvalue weighted by Gasteiger charge is 2.30. The average molecular weight is 276 g/mol. The number of benzene rings is 1. The minimum absolute atomic E-state index is 0.0585. The number of aliphatic carboxylic acids is 1. The minimum atomic E-state index is -1.01. The van der Waals surface area contributed by atoms with E-state index in [9.17, 15) is 14.7 Å². The number of nitrogens with two attached hydrogens (primary N) is 1. The third-order valence-electron chi connectivity index (χ3n) is 3.74. The molecule has 1 amide bonds. The Morgan fingerprint density at radius 3 is 2.55 bits per heavy atom. The van der Waals surface area contributed by atoms with Gasteiger partial charge in [0, 0.05) is 18.4 Å². The number of carboxylic acids is 1. The maximum Gasteiger partial charge on any atom is 0.326 e. The molecule has 4 N–H and O–H groups in total.